The van der Waals surface area contributed by atoms with Crippen LogP contribution in [-0.4, -0.2) is 42.1 Å². The van der Waals surface area contributed by atoms with E-state index in [1.807, 2.05) is 41.0 Å². The van der Waals surface area contributed by atoms with Gasteiger partial charge in [0.2, 0.25) is 0 Å². The van der Waals surface area contributed by atoms with Crippen LogP contribution in [0.2, 0.25) is 0 Å². The second-order valence-corrected chi connectivity index (χ2v) is 9.13. The number of hydrogen-bond donors (Lipinski definition) is 1. The van der Waals surface area contributed by atoms with Crippen molar-refractivity contribution >= 4 is 5.97 Å². The highest BCUT2D eigenvalue weighted by Crippen LogP contribution is 2.43. The summed E-state index contributed by atoms with van der Waals surface area (Å²) in [7, 11) is 1.56. The zero-order chi connectivity index (χ0) is 24.7. The number of fused-ring (bicyclic) bond motifs is 4. The number of nitrogens with zero attached hydrogens (tertiary/aromatic N) is 1. The number of rotatable bonds is 6. The van der Waals surface area contributed by atoms with Crippen molar-refractivity contribution in [3.8, 4) is 34.3 Å². The molecule has 2 aliphatic heterocycles. The molecule has 0 radical (unpaired) electrons. The number of hydrogen-bond acceptors (Lipinski definition) is 6. The molecule has 35 heavy (non-hydrogen) atoms. The molecule has 0 fully saturated rings. The van der Waals surface area contributed by atoms with Crippen LogP contribution in [0.4, 0.5) is 0 Å². The lowest BCUT2D eigenvalue weighted by Crippen LogP contribution is -2.34. The van der Waals surface area contributed by atoms with Crippen LogP contribution >= 0.6 is 0 Å². The third-order valence-electron chi connectivity index (χ3n) is 6.52. The second-order valence-electron chi connectivity index (χ2n) is 9.13. The molecule has 2 aromatic carbocycles. The molecule has 3 aromatic rings. The molecule has 0 unspecified atom stereocenters. The second kappa shape index (κ2) is 9.02. The van der Waals surface area contributed by atoms with E-state index in [1.165, 1.54) is 12.3 Å². The van der Waals surface area contributed by atoms with Crippen molar-refractivity contribution in [3.63, 3.8) is 0 Å². The molecule has 0 bridgehead atoms. The first kappa shape index (κ1) is 22.8. The molecule has 1 aromatic heterocycles. The van der Waals surface area contributed by atoms with Gasteiger partial charge in [0.25, 0.3) is 0 Å². The first-order valence-corrected chi connectivity index (χ1v) is 11.6. The van der Waals surface area contributed by atoms with E-state index >= 15 is 0 Å². The maximum absolute atomic E-state index is 12.5. The van der Waals surface area contributed by atoms with Gasteiger partial charge in [-0.2, -0.15) is 0 Å². The standard InChI is InChI=1S/C27H27NO7/c1-15(2)20-8-16-9-26(34-14-17-13-33-23-6-4-5-7-24(23)35-17)25(32-3)10-18(16)21-11-22(29)19(27(30)31)12-28(20)21/h4-7,9-12,15,17,20H,8,13-14H2,1-3H3,(H,30,31)/t17-,20-/m0/s1. The maximum Gasteiger partial charge on any atom is 0.341 e. The highest BCUT2D eigenvalue weighted by atomic mass is 16.6. The van der Waals surface area contributed by atoms with Gasteiger partial charge in [-0.15, -0.1) is 0 Å². The Morgan fingerprint density at radius 2 is 1.94 bits per heavy atom. The summed E-state index contributed by atoms with van der Waals surface area (Å²) in [6.07, 6.45) is 1.85. The Morgan fingerprint density at radius 3 is 2.66 bits per heavy atom. The van der Waals surface area contributed by atoms with Gasteiger partial charge in [-0.05, 0) is 42.2 Å². The SMILES string of the molecule is COc1cc2c(cc1OC[C@@H]1COc3ccccc3O1)C[C@@H](C(C)C)n1cc(C(=O)O)c(=O)cc1-2. The van der Waals surface area contributed by atoms with Gasteiger partial charge in [-0.1, -0.05) is 26.0 Å². The first-order valence-electron chi connectivity index (χ1n) is 11.6. The number of pyridine rings is 1. The van der Waals surface area contributed by atoms with Crippen LogP contribution in [0, 0.1) is 5.92 Å². The molecule has 0 spiro atoms. The molecule has 0 saturated heterocycles. The summed E-state index contributed by atoms with van der Waals surface area (Å²) in [5.74, 6) is 1.49. The Hall–Kier alpha value is -3.94. The van der Waals surface area contributed by atoms with Crippen LogP contribution in [-0.2, 0) is 6.42 Å². The number of methoxy groups -OCH3 is 1. The van der Waals surface area contributed by atoms with Crippen LogP contribution in [0.5, 0.6) is 23.0 Å². The van der Waals surface area contributed by atoms with Crippen molar-refractivity contribution in [1.82, 2.24) is 4.57 Å². The first-order chi connectivity index (χ1) is 16.9. The Morgan fingerprint density at radius 1 is 1.17 bits per heavy atom. The van der Waals surface area contributed by atoms with Crippen LogP contribution in [0.1, 0.15) is 35.8 Å². The van der Waals surface area contributed by atoms with Crippen molar-refractivity contribution in [2.45, 2.75) is 32.4 Å². The van der Waals surface area contributed by atoms with Gasteiger partial charge in [0.05, 0.1) is 12.8 Å². The van der Waals surface area contributed by atoms with Crippen molar-refractivity contribution in [1.29, 1.82) is 0 Å². The molecular weight excluding hydrogens is 450 g/mol. The molecule has 8 heteroatoms. The number of benzene rings is 2. The fourth-order valence-electron chi connectivity index (χ4n) is 4.69. The fourth-order valence-corrected chi connectivity index (χ4v) is 4.69. The Bertz CT molecular complexity index is 1340. The van der Waals surface area contributed by atoms with E-state index in [1.54, 1.807) is 7.11 Å². The number of aromatic nitrogens is 1. The van der Waals surface area contributed by atoms with E-state index in [9.17, 15) is 14.7 Å². The van der Waals surface area contributed by atoms with Crippen LogP contribution in [0.25, 0.3) is 11.3 Å². The summed E-state index contributed by atoms with van der Waals surface area (Å²) in [6, 6.07) is 12.7. The molecule has 0 aliphatic carbocycles. The molecule has 0 amide bonds. The van der Waals surface area contributed by atoms with Crippen molar-refractivity contribution in [2.24, 2.45) is 5.92 Å². The predicted octanol–water partition coefficient (Wildman–Crippen LogP) is 4.19. The quantitative estimate of drug-likeness (QED) is 0.569. The molecule has 1 N–H and O–H groups in total. The minimum Gasteiger partial charge on any atom is -0.493 e. The lowest BCUT2D eigenvalue weighted by molar-refractivity contribution is 0.0527. The van der Waals surface area contributed by atoms with Gasteiger partial charge < -0.3 is 28.6 Å². The van der Waals surface area contributed by atoms with Crippen LogP contribution < -0.4 is 24.4 Å². The molecule has 0 saturated carbocycles. The number of carboxylic acids is 1. The van der Waals surface area contributed by atoms with E-state index in [4.69, 9.17) is 18.9 Å². The number of carboxylic acid groups (broad SMARTS) is 1. The van der Waals surface area contributed by atoms with Crippen molar-refractivity contribution in [2.75, 3.05) is 20.3 Å². The molecule has 2 aliphatic rings. The molecular formula is C27H27NO7. The monoisotopic (exact) mass is 477 g/mol. The summed E-state index contributed by atoms with van der Waals surface area (Å²) >= 11 is 0. The number of aromatic carboxylic acids is 1. The number of ether oxygens (including phenoxy) is 4. The number of para-hydroxylation sites is 2. The number of carbonyl (C=O) groups is 1. The van der Waals surface area contributed by atoms with Crippen LogP contribution in [0.3, 0.4) is 0 Å². The van der Waals surface area contributed by atoms with Gasteiger partial charge in [0.15, 0.2) is 34.5 Å². The highest BCUT2D eigenvalue weighted by Gasteiger charge is 2.30. The third-order valence-corrected chi connectivity index (χ3v) is 6.52. The van der Waals surface area contributed by atoms with E-state index in [-0.39, 0.29) is 30.2 Å². The summed E-state index contributed by atoms with van der Waals surface area (Å²) in [6.45, 7) is 4.81. The summed E-state index contributed by atoms with van der Waals surface area (Å²) in [5, 5.41) is 9.46. The summed E-state index contributed by atoms with van der Waals surface area (Å²) in [4.78, 5) is 24.1. The lowest BCUT2D eigenvalue weighted by Gasteiger charge is -2.34. The Kier molecular flexibility index (Phi) is 5.88. The normalized spacial score (nSPS) is 17.9. The molecule has 8 nitrogen and oxygen atoms in total. The van der Waals surface area contributed by atoms with Gasteiger partial charge in [-0.25, -0.2) is 4.79 Å². The predicted molar refractivity (Wildman–Crippen MR) is 129 cm³/mol. The Labute approximate surface area is 202 Å². The van der Waals surface area contributed by atoms with Gasteiger partial charge in [0, 0.05) is 23.9 Å². The minimum absolute atomic E-state index is 0.0102. The zero-order valence-electron chi connectivity index (χ0n) is 19.8. The van der Waals surface area contributed by atoms with E-state index in [2.05, 4.69) is 13.8 Å². The summed E-state index contributed by atoms with van der Waals surface area (Å²) < 4.78 is 25.4. The summed E-state index contributed by atoms with van der Waals surface area (Å²) in [5.41, 5.74) is 1.75. The van der Waals surface area contributed by atoms with Gasteiger partial charge >= 0.3 is 5.97 Å². The molecule has 182 valence electrons. The van der Waals surface area contributed by atoms with Gasteiger partial charge in [0.1, 0.15) is 18.8 Å². The smallest absolute Gasteiger partial charge is 0.341 e. The largest absolute Gasteiger partial charge is 0.493 e. The average Bonchev–Trinajstić information content (AvgIpc) is 2.85. The topological polar surface area (TPSA) is 96.2 Å². The third kappa shape index (κ3) is 4.20. The Balaban J connectivity index is 1.47. The highest BCUT2D eigenvalue weighted by molar-refractivity contribution is 5.88. The average molecular weight is 478 g/mol. The maximum atomic E-state index is 12.5. The molecule has 5 rings (SSSR count). The lowest BCUT2D eigenvalue weighted by atomic mass is 9.87. The fraction of sp³-hybridized carbons (Fsp3) is 0.333. The zero-order valence-corrected chi connectivity index (χ0v) is 19.8. The van der Waals surface area contributed by atoms with Crippen LogP contribution in [0.15, 0.2) is 53.5 Å². The molecule has 2 atom stereocenters. The van der Waals surface area contributed by atoms with E-state index in [0.29, 0.717) is 36.0 Å². The van der Waals surface area contributed by atoms with E-state index < -0.39 is 11.4 Å². The van der Waals surface area contributed by atoms with Crippen molar-refractivity contribution < 1.29 is 28.8 Å². The minimum atomic E-state index is -1.23. The van der Waals surface area contributed by atoms with Crippen molar-refractivity contribution in [3.05, 3.63) is 70.0 Å². The van der Waals surface area contributed by atoms with Gasteiger partial charge in [-0.3, -0.25) is 4.79 Å². The van der Waals surface area contributed by atoms with E-state index in [0.717, 1.165) is 16.9 Å². The molecule has 3 heterocycles.